The Bertz CT molecular complexity index is 615. The largest absolute Gasteiger partial charge is 0.353 e. The molecule has 106 valence electrons. The summed E-state index contributed by atoms with van der Waals surface area (Å²) in [5.74, 6) is 1.43. The van der Waals surface area contributed by atoms with E-state index < -0.39 is 0 Å². The van der Waals surface area contributed by atoms with E-state index in [9.17, 15) is 4.39 Å². The maximum absolute atomic E-state index is 14.2. The van der Waals surface area contributed by atoms with Crippen LogP contribution in [-0.2, 0) is 6.42 Å². The van der Waals surface area contributed by atoms with Gasteiger partial charge in [0.15, 0.2) is 17.5 Å². The molecule has 1 unspecified atom stereocenters. The van der Waals surface area contributed by atoms with Gasteiger partial charge in [-0.2, -0.15) is 4.98 Å². The fraction of sp³-hybridized carbons (Fsp3) is 0.538. The summed E-state index contributed by atoms with van der Waals surface area (Å²) in [6, 6.07) is 0. The summed E-state index contributed by atoms with van der Waals surface area (Å²) in [5, 5.41) is 3.80. The van der Waals surface area contributed by atoms with Crippen molar-refractivity contribution in [2.75, 3.05) is 18.0 Å². The average molecular weight is 277 g/mol. The highest BCUT2D eigenvalue weighted by atomic mass is 19.1. The lowest BCUT2D eigenvalue weighted by molar-refractivity contribution is 0.356. The van der Waals surface area contributed by atoms with Crippen LogP contribution in [0.5, 0.6) is 0 Å². The summed E-state index contributed by atoms with van der Waals surface area (Å²) in [6.07, 6.45) is 2.83. The van der Waals surface area contributed by atoms with Gasteiger partial charge in [0.25, 0.3) is 0 Å². The number of halogens is 1. The van der Waals surface area contributed by atoms with E-state index in [0.717, 1.165) is 13.0 Å². The van der Waals surface area contributed by atoms with Crippen molar-refractivity contribution in [2.45, 2.75) is 32.6 Å². The van der Waals surface area contributed by atoms with Gasteiger partial charge in [-0.05, 0) is 19.8 Å². The molecule has 7 heteroatoms. The smallest absolute Gasteiger partial charge is 0.231 e. The van der Waals surface area contributed by atoms with Gasteiger partial charge in [-0.1, -0.05) is 12.1 Å². The summed E-state index contributed by atoms with van der Waals surface area (Å²) in [5.41, 5.74) is 0.451. The van der Waals surface area contributed by atoms with Gasteiger partial charge < -0.3 is 9.42 Å². The SMILES string of the molecule is CCc1ncnc(N2CCC(c3nc(C)no3)C2)c1F. The van der Waals surface area contributed by atoms with Crippen molar-refractivity contribution in [3.8, 4) is 0 Å². The lowest BCUT2D eigenvalue weighted by atomic mass is 10.1. The van der Waals surface area contributed by atoms with Crippen molar-refractivity contribution in [3.05, 3.63) is 29.6 Å². The van der Waals surface area contributed by atoms with E-state index in [1.54, 1.807) is 6.92 Å². The molecule has 0 amide bonds. The fourth-order valence-electron chi connectivity index (χ4n) is 2.50. The van der Waals surface area contributed by atoms with Crippen molar-refractivity contribution in [2.24, 2.45) is 0 Å². The van der Waals surface area contributed by atoms with Crippen LogP contribution < -0.4 is 4.90 Å². The van der Waals surface area contributed by atoms with Crippen molar-refractivity contribution in [3.63, 3.8) is 0 Å². The second kappa shape index (κ2) is 5.15. The Balaban J connectivity index is 1.80. The Morgan fingerprint density at radius 1 is 1.45 bits per heavy atom. The molecule has 0 spiro atoms. The molecule has 3 heterocycles. The van der Waals surface area contributed by atoms with Gasteiger partial charge in [0, 0.05) is 13.1 Å². The summed E-state index contributed by atoms with van der Waals surface area (Å²) >= 11 is 0. The van der Waals surface area contributed by atoms with Gasteiger partial charge in [0.05, 0.1) is 11.6 Å². The van der Waals surface area contributed by atoms with Gasteiger partial charge in [0.2, 0.25) is 5.89 Å². The first kappa shape index (κ1) is 13.0. The highest BCUT2D eigenvalue weighted by Gasteiger charge is 2.30. The van der Waals surface area contributed by atoms with Gasteiger partial charge in [0.1, 0.15) is 6.33 Å². The van der Waals surface area contributed by atoms with Crippen LogP contribution in [0.2, 0.25) is 0 Å². The third-order valence-electron chi connectivity index (χ3n) is 3.56. The van der Waals surface area contributed by atoms with Gasteiger partial charge >= 0.3 is 0 Å². The zero-order chi connectivity index (χ0) is 14.1. The summed E-state index contributed by atoms with van der Waals surface area (Å²) < 4.78 is 19.4. The molecule has 1 saturated heterocycles. The van der Waals surface area contributed by atoms with Crippen LogP contribution in [0.4, 0.5) is 10.2 Å². The van der Waals surface area contributed by atoms with Crippen molar-refractivity contribution in [1.82, 2.24) is 20.1 Å². The molecular formula is C13H16FN5O. The number of hydrogen-bond acceptors (Lipinski definition) is 6. The first-order valence-electron chi connectivity index (χ1n) is 6.73. The van der Waals surface area contributed by atoms with Crippen LogP contribution in [0, 0.1) is 12.7 Å². The van der Waals surface area contributed by atoms with Crippen LogP contribution in [0.25, 0.3) is 0 Å². The second-order valence-electron chi connectivity index (χ2n) is 4.92. The number of aromatic nitrogens is 4. The molecule has 0 aromatic carbocycles. The Hall–Kier alpha value is -2.05. The molecule has 0 aliphatic carbocycles. The molecule has 2 aromatic heterocycles. The molecule has 1 aliphatic rings. The number of hydrogen-bond donors (Lipinski definition) is 0. The topological polar surface area (TPSA) is 67.9 Å². The molecule has 20 heavy (non-hydrogen) atoms. The van der Waals surface area contributed by atoms with E-state index in [4.69, 9.17) is 4.52 Å². The summed E-state index contributed by atoms with van der Waals surface area (Å²) in [6.45, 7) is 5.03. The van der Waals surface area contributed by atoms with E-state index >= 15 is 0 Å². The zero-order valence-electron chi connectivity index (χ0n) is 11.5. The van der Waals surface area contributed by atoms with Gasteiger partial charge in [-0.15, -0.1) is 0 Å². The van der Waals surface area contributed by atoms with Crippen molar-refractivity contribution < 1.29 is 8.91 Å². The maximum atomic E-state index is 14.2. The van der Waals surface area contributed by atoms with Crippen LogP contribution >= 0.6 is 0 Å². The quantitative estimate of drug-likeness (QED) is 0.853. The number of aryl methyl sites for hydroxylation is 2. The van der Waals surface area contributed by atoms with E-state index in [2.05, 4.69) is 20.1 Å². The molecule has 0 bridgehead atoms. The second-order valence-corrected chi connectivity index (χ2v) is 4.92. The highest BCUT2D eigenvalue weighted by Crippen LogP contribution is 2.30. The Kier molecular flexibility index (Phi) is 3.33. The minimum absolute atomic E-state index is 0.135. The lowest BCUT2D eigenvalue weighted by Gasteiger charge is -2.18. The molecular weight excluding hydrogens is 261 g/mol. The minimum Gasteiger partial charge on any atom is -0.353 e. The average Bonchev–Trinajstić information content (AvgIpc) is 3.07. The predicted molar refractivity (Wildman–Crippen MR) is 70.0 cm³/mol. The molecule has 6 nitrogen and oxygen atoms in total. The first-order chi connectivity index (χ1) is 9.69. The monoisotopic (exact) mass is 277 g/mol. The Labute approximate surface area is 116 Å². The molecule has 1 atom stereocenters. The molecule has 0 N–H and O–H groups in total. The molecule has 1 aliphatic heterocycles. The lowest BCUT2D eigenvalue weighted by Crippen LogP contribution is -2.22. The number of rotatable bonds is 3. The normalized spacial score (nSPS) is 18.8. The van der Waals surface area contributed by atoms with Gasteiger partial charge in [-0.3, -0.25) is 0 Å². The molecule has 3 rings (SSSR count). The number of anilines is 1. The van der Waals surface area contributed by atoms with Crippen molar-refractivity contribution >= 4 is 5.82 Å². The van der Waals surface area contributed by atoms with Crippen LogP contribution in [-0.4, -0.2) is 33.2 Å². The zero-order valence-corrected chi connectivity index (χ0v) is 11.5. The molecule has 2 aromatic rings. The van der Waals surface area contributed by atoms with E-state index in [-0.39, 0.29) is 11.7 Å². The van der Waals surface area contributed by atoms with Gasteiger partial charge in [-0.25, -0.2) is 14.4 Å². The first-order valence-corrected chi connectivity index (χ1v) is 6.73. The third-order valence-corrected chi connectivity index (χ3v) is 3.56. The van der Waals surface area contributed by atoms with E-state index in [1.165, 1.54) is 6.33 Å². The van der Waals surface area contributed by atoms with Crippen molar-refractivity contribution in [1.29, 1.82) is 0 Å². The minimum atomic E-state index is -0.322. The third kappa shape index (κ3) is 2.23. The van der Waals surface area contributed by atoms with Crippen LogP contribution in [0.15, 0.2) is 10.9 Å². The molecule has 0 saturated carbocycles. The highest BCUT2D eigenvalue weighted by molar-refractivity contribution is 5.43. The van der Waals surface area contributed by atoms with Crippen LogP contribution in [0.1, 0.15) is 36.7 Å². The van der Waals surface area contributed by atoms with Crippen LogP contribution in [0.3, 0.4) is 0 Å². The fourth-order valence-corrected chi connectivity index (χ4v) is 2.50. The summed E-state index contributed by atoms with van der Waals surface area (Å²) in [4.78, 5) is 14.2. The predicted octanol–water partition coefficient (Wildman–Crippen LogP) is 1.86. The molecule has 1 fully saturated rings. The number of nitrogens with zero attached hydrogens (tertiary/aromatic N) is 5. The Morgan fingerprint density at radius 2 is 2.30 bits per heavy atom. The maximum Gasteiger partial charge on any atom is 0.231 e. The molecule has 0 radical (unpaired) electrons. The Morgan fingerprint density at radius 3 is 3.00 bits per heavy atom. The van der Waals surface area contributed by atoms with E-state index in [1.807, 2.05) is 11.8 Å². The van der Waals surface area contributed by atoms with E-state index in [0.29, 0.717) is 36.2 Å². The summed E-state index contributed by atoms with van der Waals surface area (Å²) in [7, 11) is 0. The standard InChI is InChI=1S/C13H16FN5O/c1-3-10-11(14)12(16-7-15-10)19-5-4-9(6-19)13-17-8(2)18-20-13/h7,9H,3-6H2,1-2H3.